The minimum atomic E-state index is -0.946. The van der Waals surface area contributed by atoms with Crippen LogP contribution in [0.2, 0.25) is 0 Å². The summed E-state index contributed by atoms with van der Waals surface area (Å²) in [5.74, 6) is -0.900. The second kappa shape index (κ2) is 7.93. The van der Waals surface area contributed by atoms with Crippen LogP contribution >= 0.6 is 0 Å². The number of nitro groups is 1. The van der Waals surface area contributed by atoms with Gasteiger partial charge in [0, 0.05) is 12.1 Å². The Hall–Kier alpha value is -2.89. The molecule has 0 bridgehead atoms. The lowest BCUT2D eigenvalue weighted by Crippen LogP contribution is -2.13. The third-order valence-electron chi connectivity index (χ3n) is 3.45. The zero-order chi connectivity index (χ0) is 16.7. The van der Waals surface area contributed by atoms with Crippen molar-refractivity contribution in [1.82, 2.24) is 0 Å². The van der Waals surface area contributed by atoms with Crippen LogP contribution in [0.4, 0.5) is 5.69 Å². The molecule has 0 saturated heterocycles. The molecule has 0 aliphatic heterocycles. The molecule has 0 heterocycles. The van der Waals surface area contributed by atoms with E-state index in [0.717, 1.165) is 5.75 Å². The van der Waals surface area contributed by atoms with E-state index in [1.807, 2.05) is 30.3 Å². The molecule has 0 aliphatic carbocycles. The average molecular weight is 315 g/mol. The zero-order valence-corrected chi connectivity index (χ0v) is 12.4. The Kier molecular flexibility index (Phi) is 5.68. The highest BCUT2D eigenvalue weighted by Crippen LogP contribution is 2.24. The van der Waals surface area contributed by atoms with Crippen LogP contribution in [-0.4, -0.2) is 22.6 Å². The van der Waals surface area contributed by atoms with Crippen LogP contribution in [0.15, 0.2) is 54.6 Å². The average Bonchev–Trinajstić information content (AvgIpc) is 2.55. The van der Waals surface area contributed by atoms with Crippen LogP contribution in [-0.2, 0) is 4.79 Å². The number of nitrogens with zero attached hydrogens (tertiary/aromatic N) is 1. The smallest absolute Gasteiger partial charge is 0.310 e. The summed E-state index contributed by atoms with van der Waals surface area (Å²) in [4.78, 5) is 21.5. The third kappa shape index (κ3) is 4.81. The molecule has 120 valence electrons. The van der Waals surface area contributed by atoms with Gasteiger partial charge in [-0.05, 0) is 30.5 Å². The van der Waals surface area contributed by atoms with Gasteiger partial charge in [0.2, 0.25) is 0 Å². The van der Waals surface area contributed by atoms with Crippen LogP contribution in [0, 0.1) is 10.1 Å². The topological polar surface area (TPSA) is 89.7 Å². The quantitative estimate of drug-likeness (QED) is 0.456. The van der Waals surface area contributed by atoms with E-state index in [1.165, 1.54) is 24.3 Å². The Bertz CT molecular complexity index is 654. The molecule has 1 unspecified atom stereocenters. The molecule has 2 aromatic rings. The molecule has 0 aliphatic rings. The summed E-state index contributed by atoms with van der Waals surface area (Å²) in [6, 6.07) is 14.9. The predicted molar refractivity (Wildman–Crippen MR) is 84.6 cm³/mol. The molecular weight excluding hydrogens is 298 g/mol. The van der Waals surface area contributed by atoms with E-state index in [0.29, 0.717) is 25.0 Å². The van der Waals surface area contributed by atoms with Gasteiger partial charge in [0.1, 0.15) is 5.75 Å². The van der Waals surface area contributed by atoms with Gasteiger partial charge in [-0.3, -0.25) is 14.9 Å². The van der Waals surface area contributed by atoms with Crippen LogP contribution in [0.5, 0.6) is 5.75 Å². The molecule has 2 aromatic carbocycles. The minimum Gasteiger partial charge on any atom is -0.494 e. The monoisotopic (exact) mass is 315 g/mol. The Labute approximate surface area is 133 Å². The lowest BCUT2D eigenvalue weighted by Gasteiger charge is -2.13. The van der Waals surface area contributed by atoms with E-state index < -0.39 is 16.8 Å². The van der Waals surface area contributed by atoms with Crippen molar-refractivity contribution in [3.05, 3.63) is 70.3 Å². The highest BCUT2D eigenvalue weighted by molar-refractivity contribution is 5.76. The molecule has 6 nitrogen and oxygen atoms in total. The molecule has 0 spiro atoms. The maximum Gasteiger partial charge on any atom is 0.310 e. The summed E-state index contributed by atoms with van der Waals surface area (Å²) in [5.41, 5.74) is 0.508. The molecule has 1 atom stereocenters. The molecule has 0 fully saturated rings. The molecule has 0 amide bonds. The number of benzene rings is 2. The van der Waals surface area contributed by atoms with Crippen molar-refractivity contribution in [3.63, 3.8) is 0 Å². The van der Waals surface area contributed by atoms with Gasteiger partial charge in [-0.15, -0.1) is 0 Å². The first-order chi connectivity index (χ1) is 11.1. The molecule has 23 heavy (non-hydrogen) atoms. The summed E-state index contributed by atoms with van der Waals surface area (Å²) >= 11 is 0. The molecule has 2 rings (SSSR count). The number of rotatable bonds is 8. The number of carbonyl (C=O) groups is 1. The number of para-hydroxylation sites is 1. The second-order valence-corrected chi connectivity index (χ2v) is 5.04. The van der Waals surface area contributed by atoms with Gasteiger partial charge in [-0.2, -0.15) is 0 Å². The SMILES string of the molecule is O=C(O)C(CCCOc1ccccc1)c1ccc([N+](=O)[O-])cc1. The maximum absolute atomic E-state index is 11.4. The van der Waals surface area contributed by atoms with Gasteiger partial charge < -0.3 is 9.84 Å². The fraction of sp³-hybridized carbons (Fsp3) is 0.235. The van der Waals surface area contributed by atoms with E-state index in [4.69, 9.17) is 4.74 Å². The molecule has 6 heteroatoms. The van der Waals surface area contributed by atoms with Gasteiger partial charge in [0.15, 0.2) is 0 Å². The largest absolute Gasteiger partial charge is 0.494 e. The van der Waals surface area contributed by atoms with Crippen molar-refractivity contribution in [2.45, 2.75) is 18.8 Å². The fourth-order valence-corrected chi connectivity index (χ4v) is 2.26. The number of non-ortho nitro benzene ring substituents is 1. The first-order valence-electron chi connectivity index (χ1n) is 7.23. The zero-order valence-electron chi connectivity index (χ0n) is 12.4. The normalized spacial score (nSPS) is 11.7. The number of carboxylic acids is 1. The Morgan fingerprint density at radius 3 is 2.35 bits per heavy atom. The number of carboxylic acid groups (broad SMARTS) is 1. The molecule has 0 saturated carbocycles. The Morgan fingerprint density at radius 2 is 1.78 bits per heavy atom. The van der Waals surface area contributed by atoms with E-state index in [-0.39, 0.29) is 5.69 Å². The van der Waals surface area contributed by atoms with Crippen LogP contribution in [0.25, 0.3) is 0 Å². The summed E-state index contributed by atoms with van der Waals surface area (Å²) in [6.07, 6.45) is 0.975. The van der Waals surface area contributed by atoms with E-state index >= 15 is 0 Å². The number of hydrogen-bond donors (Lipinski definition) is 1. The lowest BCUT2D eigenvalue weighted by atomic mass is 9.94. The summed E-state index contributed by atoms with van der Waals surface area (Å²) in [5, 5.41) is 20.0. The van der Waals surface area contributed by atoms with Crippen molar-refractivity contribution < 1.29 is 19.6 Å². The van der Waals surface area contributed by atoms with Crippen LogP contribution in [0.1, 0.15) is 24.3 Å². The lowest BCUT2D eigenvalue weighted by molar-refractivity contribution is -0.384. The molecule has 0 aromatic heterocycles. The Morgan fingerprint density at radius 1 is 1.13 bits per heavy atom. The minimum absolute atomic E-state index is 0.0506. The Balaban J connectivity index is 1.91. The van der Waals surface area contributed by atoms with E-state index in [9.17, 15) is 20.0 Å². The van der Waals surface area contributed by atoms with Crippen LogP contribution < -0.4 is 4.74 Å². The second-order valence-electron chi connectivity index (χ2n) is 5.04. The van der Waals surface area contributed by atoms with Gasteiger partial charge in [0.25, 0.3) is 5.69 Å². The third-order valence-corrected chi connectivity index (χ3v) is 3.45. The number of hydrogen-bond acceptors (Lipinski definition) is 4. The highest BCUT2D eigenvalue weighted by atomic mass is 16.6. The first-order valence-corrected chi connectivity index (χ1v) is 7.23. The molecule has 0 radical (unpaired) electrons. The van der Waals surface area contributed by atoms with E-state index in [1.54, 1.807) is 0 Å². The standard InChI is InChI=1S/C17H17NO5/c19-17(20)16(13-8-10-14(11-9-13)18(21)22)7-4-12-23-15-5-2-1-3-6-15/h1-3,5-6,8-11,16H,4,7,12H2,(H,19,20). The summed E-state index contributed by atoms with van der Waals surface area (Å²) in [6.45, 7) is 0.417. The van der Waals surface area contributed by atoms with Gasteiger partial charge in [0.05, 0.1) is 17.4 Å². The van der Waals surface area contributed by atoms with Crippen molar-refractivity contribution in [2.24, 2.45) is 0 Å². The van der Waals surface area contributed by atoms with Crippen LogP contribution in [0.3, 0.4) is 0 Å². The highest BCUT2D eigenvalue weighted by Gasteiger charge is 2.20. The van der Waals surface area contributed by atoms with Crippen molar-refractivity contribution >= 4 is 11.7 Å². The number of nitro benzene ring substituents is 1. The summed E-state index contributed by atoms with van der Waals surface area (Å²) < 4.78 is 5.54. The van der Waals surface area contributed by atoms with Crippen molar-refractivity contribution in [2.75, 3.05) is 6.61 Å². The van der Waals surface area contributed by atoms with Gasteiger partial charge >= 0.3 is 5.97 Å². The summed E-state index contributed by atoms with van der Waals surface area (Å²) in [7, 11) is 0. The fourth-order valence-electron chi connectivity index (χ4n) is 2.26. The predicted octanol–water partition coefficient (Wildman–Crippen LogP) is 3.62. The molecular formula is C17H17NO5. The van der Waals surface area contributed by atoms with Crippen molar-refractivity contribution in [3.8, 4) is 5.75 Å². The van der Waals surface area contributed by atoms with Gasteiger partial charge in [-0.25, -0.2) is 0 Å². The number of ether oxygens (including phenoxy) is 1. The van der Waals surface area contributed by atoms with Gasteiger partial charge in [-0.1, -0.05) is 30.3 Å². The maximum atomic E-state index is 11.4. The number of aliphatic carboxylic acids is 1. The van der Waals surface area contributed by atoms with Crippen molar-refractivity contribution in [1.29, 1.82) is 0 Å². The first kappa shape index (κ1) is 16.5. The van der Waals surface area contributed by atoms with E-state index in [2.05, 4.69) is 0 Å². The molecule has 1 N–H and O–H groups in total.